The molecule has 0 aromatic rings. The number of nitrogens with two attached hydrogens (primary N) is 1. The van der Waals surface area contributed by atoms with Crippen LogP contribution in [0.25, 0.3) is 0 Å². The maximum absolute atomic E-state index is 11.4. The Morgan fingerprint density at radius 3 is 2.47 bits per heavy atom. The summed E-state index contributed by atoms with van der Waals surface area (Å²) in [5.41, 5.74) is 5.11. The van der Waals surface area contributed by atoms with Crippen LogP contribution in [0.4, 0.5) is 0 Å². The standard InChI is InChI=1S/C12H25N3O2/c1-3-4-5-6-7-10(2)15-12(17)9-14-11(16)8-13/h10H,3-9,13H2,1-2H3,(H,14,16)(H,15,17). The van der Waals surface area contributed by atoms with Crippen molar-refractivity contribution in [1.82, 2.24) is 10.6 Å². The van der Waals surface area contributed by atoms with Crippen molar-refractivity contribution in [2.45, 2.75) is 52.0 Å². The molecule has 0 aromatic carbocycles. The Morgan fingerprint density at radius 1 is 1.18 bits per heavy atom. The van der Waals surface area contributed by atoms with Gasteiger partial charge in [-0.2, -0.15) is 0 Å². The summed E-state index contributed by atoms with van der Waals surface area (Å²) in [5.74, 6) is -0.467. The Labute approximate surface area is 104 Å². The summed E-state index contributed by atoms with van der Waals surface area (Å²) >= 11 is 0. The molecule has 0 aliphatic carbocycles. The first-order valence-corrected chi connectivity index (χ1v) is 6.36. The van der Waals surface area contributed by atoms with Gasteiger partial charge in [0.05, 0.1) is 13.1 Å². The molecule has 0 saturated heterocycles. The van der Waals surface area contributed by atoms with Gasteiger partial charge in [0.15, 0.2) is 0 Å². The van der Waals surface area contributed by atoms with E-state index in [2.05, 4.69) is 17.6 Å². The third kappa shape index (κ3) is 9.81. The zero-order chi connectivity index (χ0) is 13.1. The zero-order valence-electron chi connectivity index (χ0n) is 10.9. The minimum absolute atomic E-state index is 0.00926. The fourth-order valence-corrected chi connectivity index (χ4v) is 1.53. The van der Waals surface area contributed by atoms with Crippen molar-refractivity contribution in [3.8, 4) is 0 Å². The molecule has 1 unspecified atom stereocenters. The Balaban J connectivity index is 3.55. The van der Waals surface area contributed by atoms with Crippen molar-refractivity contribution in [1.29, 1.82) is 0 Å². The SMILES string of the molecule is CCCCCCC(C)NC(=O)CNC(=O)CN. The number of rotatable bonds is 9. The summed E-state index contributed by atoms with van der Waals surface area (Å²) in [7, 11) is 0. The summed E-state index contributed by atoms with van der Waals surface area (Å²) < 4.78 is 0. The van der Waals surface area contributed by atoms with Crippen LogP contribution in [0, 0.1) is 0 Å². The molecule has 0 aliphatic heterocycles. The molecule has 0 radical (unpaired) electrons. The lowest BCUT2D eigenvalue weighted by Crippen LogP contribution is -2.42. The normalized spacial score (nSPS) is 11.9. The van der Waals surface area contributed by atoms with E-state index in [1.807, 2.05) is 6.92 Å². The molecule has 0 saturated carbocycles. The van der Waals surface area contributed by atoms with Crippen LogP contribution in [-0.4, -0.2) is 30.9 Å². The van der Waals surface area contributed by atoms with Gasteiger partial charge in [-0.15, -0.1) is 0 Å². The van der Waals surface area contributed by atoms with Crippen molar-refractivity contribution in [3.05, 3.63) is 0 Å². The summed E-state index contributed by atoms with van der Waals surface area (Å²) in [6.45, 7) is 4.08. The fourth-order valence-electron chi connectivity index (χ4n) is 1.53. The van der Waals surface area contributed by atoms with Crippen LogP contribution < -0.4 is 16.4 Å². The second-order valence-corrected chi connectivity index (χ2v) is 4.30. The third-order valence-electron chi connectivity index (χ3n) is 2.53. The van der Waals surface area contributed by atoms with Crippen LogP contribution in [0.15, 0.2) is 0 Å². The molecule has 17 heavy (non-hydrogen) atoms. The van der Waals surface area contributed by atoms with Gasteiger partial charge in [-0.25, -0.2) is 0 Å². The highest BCUT2D eigenvalue weighted by Crippen LogP contribution is 2.04. The third-order valence-corrected chi connectivity index (χ3v) is 2.53. The Morgan fingerprint density at radius 2 is 1.88 bits per heavy atom. The van der Waals surface area contributed by atoms with Crippen molar-refractivity contribution in [2.75, 3.05) is 13.1 Å². The van der Waals surface area contributed by atoms with Crippen LogP contribution in [-0.2, 0) is 9.59 Å². The molecule has 2 amide bonds. The molecule has 5 nitrogen and oxygen atoms in total. The van der Waals surface area contributed by atoms with Crippen LogP contribution in [0.2, 0.25) is 0 Å². The van der Waals surface area contributed by atoms with E-state index >= 15 is 0 Å². The van der Waals surface area contributed by atoms with E-state index in [-0.39, 0.29) is 30.9 Å². The van der Waals surface area contributed by atoms with Crippen LogP contribution in [0.5, 0.6) is 0 Å². The minimum Gasteiger partial charge on any atom is -0.352 e. The first-order chi connectivity index (χ1) is 8.10. The molecular formula is C12H25N3O2. The van der Waals surface area contributed by atoms with Gasteiger partial charge in [-0.1, -0.05) is 32.6 Å². The van der Waals surface area contributed by atoms with Crippen LogP contribution >= 0.6 is 0 Å². The van der Waals surface area contributed by atoms with Gasteiger partial charge in [-0.05, 0) is 13.3 Å². The quantitative estimate of drug-likeness (QED) is 0.517. The fraction of sp³-hybridized carbons (Fsp3) is 0.833. The highest BCUT2D eigenvalue weighted by atomic mass is 16.2. The maximum Gasteiger partial charge on any atom is 0.239 e. The number of carbonyl (C=O) groups excluding carboxylic acids is 2. The lowest BCUT2D eigenvalue weighted by molar-refractivity contribution is -0.125. The number of unbranched alkanes of at least 4 members (excludes halogenated alkanes) is 3. The molecule has 0 aromatic heterocycles. The van der Waals surface area contributed by atoms with E-state index in [0.717, 1.165) is 12.8 Å². The van der Waals surface area contributed by atoms with Crippen molar-refractivity contribution in [2.24, 2.45) is 5.73 Å². The molecule has 0 heterocycles. The number of amides is 2. The van der Waals surface area contributed by atoms with E-state index in [9.17, 15) is 9.59 Å². The number of carbonyl (C=O) groups is 2. The number of hydrogen-bond donors (Lipinski definition) is 3. The summed E-state index contributed by atoms with van der Waals surface area (Å²) in [6, 6.07) is 0.161. The predicted molar refractivity (Wildman–Crippen MR) is 68.4 cm³/mol. The van der Waals surface area contributed by atoms with E-state index < -0.39 is 0 Å². The molecular weight excluding hydrogens is 218 g/mol. The smallest absolute Gasteiger partial charge is 0.239 e. The Bertz CT molecular complexity index is 232. The number of hydrogen-bond acceptors (Lipinski definition) is 3. The van der Waals surface area contributed by atoms with E-state index in [1.165, 1.54) is 19.3 Å². The van der Waals surface area contributed by atoms with Gasteiger partial charge in [0, 0.05) is 6.04 Å². The summed E-state index contributed by atoms with van der Waals surface area (Å²) in [5, 5.41) is 5.28. The zero-order valence-corrected chi connectivity index (χ0v) is 10.9. The van der Waals surface area contributed by atoms with Gasteiger partial charge in [0.2, 0.25) is 11.8 Å². The molecule has 0 bridgehead atoms. The van der Waals surface area contributed by atoms with Crippen LogP contribution in [0.1, 0.15) is 46.0 Å². The summed E-state index contributed by atoms with van der Waals surface area (Å²) in [6.07, 6.45) is 5.78. The molecule has 0 rings (SSSR count). The van der Waals surface area contributed by atoms with Gasteiger partial charge < -0.3 is 16.4 Å². The van der Waals surface area contributed by atoms with Crippen molar-refractivity contribution < 1.29 is 9.59 Å². The summed E-state index contributed by atoms with van der Waals surface area (Å²) in [4.78, 5) is 22.2. The van der Waals surface area contributed by atoms with Gasteiger partial charge in [0.25, 0.3) is 0 Å². The second-order valence-electron chi connectivity index (χ2n) is 4.30. The topological polar surface area (TPSA) is 84.2 Å². The van der Waals surface area contributed by atoms with Gasteiger partial charge in [-0.3, -0.25) is 9.59 Å². The van der Waals surface area contributed by atoms with E-state index in [1.54, 1.807) is 0 Å². The van der Waals surface area contributed by atoms with Crippen molar-refractivity contribution in [3.63, 3.8) is 0 Å². The van der Waals surface area contributed by atoms with E-state index in [0.29, 0.717) is 0 Å². The number of nitrogens with one attached hydrogen (secondary N) is 2. The average Bonchev–Trinajstić information content (AvgIpc) is 2.31. The highest BCUT2D eigenvalue weighted by Gasteiger charge is 2.07. The second kappa shape index (κ2) is 10.1. The molecule has 0 aliphatic rings. The van der Waals surface area contributed by atoms with Gasteiger partial charge >= 0.3 is 0 Å². The van der Waals surface area contributed by atoms with Gasteiger partial charge in [0.1, 0.15) is 0 Å². The first kappa shape index (κ1) is 15.9. The Hall–Kier alpha value is -1.10. The Kier molecular flexibility index (Phi) is 9.43. The van der Waals surface area contributed by atoms with Crippen molar-refractivity contribution >= 4 is 11.8 Å². The molecule has 1 atom stereocenters. The van der Waals surface area contributed by atoms with Crippen LogP contribution in [0.3, 0.4) is 0 Å². The maximum atomic E-state index is 11.4. The lowest BCUT2D eigenvalue weighted by Gasteiger charge is -2.13. The lowest BCUT2D eigenvalue weighted by atomic mass is 10.1. The average molecular weight is 243 g/mol. The predicted octanol–water partition coefficient (Wildman–Crippen LogP) is 0.536. The molecule has 0 spiro atoms. The monoisotopic (exact) mass is 243 g/mol. The molecule has 5 heteroatoms. The minimum atomic E-state index is -0.309. The van der Waals surface area contributed by atoms with E-state index in [4.69, 9.17) is 5.73 Å². The molecule has 100 valence electrons. The first-order valence-electron chi connectivity index (χ1n) is 6.36. The largest absolute Gasteiger partial charge is 0.352 e. The molecule has 0 fully saturated rings. The molecule has 4 N–H and O–H groups in total. The highest BCUT2D eigenvalue weighted by molar-refractivity contribution is 5.85.